The van der Waals surface area contributed by atoms with E-state index in [1.165, 1.54) is 12.1 Å². The molecule has 1 aromatic rings. The highest BCUT2D eigenvalue weighted by Crippen LogP contribution is 2.14. The zero-order chi connectivity index (χ0) is 11.3. The minimum Gasteiger partial charge on any atom is -0.216 e. The minimum absolute atomic E-state index is 0.0279. The number of azide groups is 1. The first kappa shape index (κ1) is 11.6. The van der Waals surface area contributed by atoms with Gasteiger partial charge in [0, 0.05) is 9.43 Å². The summed E-state index contributed by atoms with van der Waals surface area (Å²) < 4.78 is 25.3. The van der Waals surface area contributed by atoms with Crippen LogP contribution in [0.15, 0.2) is 33.7 Å². The molecule has 0 N–H and O–H groups in total. The van der Waals surface area contributed by atoms with Crippen LogP contribution in [0.3, 0.4) is 0 Å². The number of nitrogens with zero attached hydrogens (tertiary/aromatic N) is 3. The van der Waals surface area contributed by atoms with Crippen LogP contribution in [0.5, 0.6) is 0 Å². The fraction of sp³-hybridized carbons (Fsp3) is 0.333. The maximum atomic E-state index is 11.3. The van der Waals surface area contributed by atoms with Crippen molar-refractivity contribution in [1.82, 2.24) is 0 Å². The summed E-state index contributed by atoms with van der Waals surface area (Å²) in [4.78, 5) is 2.31. The van der Waals surface area contributed by atoms with Crippen LogP contribution in [0.25, 0.3) is 10.4 Å². The number of aryl methyl sites for hydroxylation is 1. The third kappa shape index (κ3) is 2.97. The molecule has 15 heavy (non-hydrogen) atoms. The smallest absolute Gasteiger partial charge is 0.216 e. The second kappa shape index (κ2) is 4.82. The van der Waals surface area contributed by atoms with Crippen molar-refractivity contribution in [3.8, 4) is 0 Å². The van der Waals surface area contributed by atoms with Crippen molar-refractivity contribution in [2.75, 3.05) is 0 Å². The second-order valence-electron chi connectivity index (χ2n) is 3.04. The molecule has 0 aliphatic heterocycles. The molecule has 0 bridgehead atoms. The number of rotatable bonds is 4. The van der Waals surface area contributed by atoms with Gasteiger partial charge in [0.05, 0.1) is 4.90 Å². The number of hydrogen-bond donors (Lipinski definition) is 0. The Hall–Kier alpha value is -1.52. The highest BCUT2D eigenvalue weighted by molar-refractivity contribution is 7.90. The molecular formula is C9H11N3O2S. The van der Waals surface area contributed by atoms with Crippen molar-refractivity contribution >= 4 is 10.0 Å². The maximum Gasteiger partial charge on any atom is 0.264 e. The molecule has 0 radical (unpaired) electrons. The standard InChI is InChI=1S/C9H11N3O2S/c1-2-3-8-4-6-9(7-5-8)15(13,14)12-11-10/h4-7H,2-3H2,1H3. The van der Waals surface area contributed by atoms with Gasteiger partial charge in [-0.15, -0.1) is 0 Å². The van der Waals surface area contributed by atoms with Crippen LogP contribution in [-0.2, 0) is 16.4 Å². The predicted molar refractivity (Wildman–Crippen MR) is 56.8 cm³/mol. The average molecular weight is 225 g/mol. The Kier molecular flexibility index (Phi) is 3.71. The molecule has 5 nitrogen and oxygen atoms in total. The van der Waals surface area contributed by atoms with Crippen molar-refractivity contribution in [2.45, 2.75) is 24.7 Å². The van der Waals surface area contributed by atoms with E-state index in [0.717, 1.165) is 18.4 Å². The lowest BCUT2D eigenvalue weighted by molar-refractivity contribution is 0.597. The van der Waals surface area contributed by atoms with E-state index in [-0.39, 0.29) is 4.90 Å². The SMILES string of the molecule is CCCc1ccc(S(=O)(=O)N=[N+]=[N-])cc1. The van der Waals surface area contributed by atoms with E-state index in [2.05, 4.69) is 9.43 Å². The summed E-state index contributed by atoms with van der Waals surface area (Å²) in [6.07, 6.45) is 1.91. The van der Waals surface area contributed by atoms with Gasteiger partial charge < -0.3 is 0 Å². The molecule has 0 aliphatic carbocycles. The quantitative estimate of drug-likeness (QED) is 0.448. The summed E-state index contributed by atoms with van der Waals surface area (Å²) >= 11 is 0. The minimum atomic E-state index is -3.83. The average Bonchev–Trinajstić information content (AvgIpc) is 2.19. The highest BCUT2D eigenvalue weighted by Gasteiger charge is 2.10. The van der Waals surface area contributed by atoms with Crippen LogP contribution in [0.2, 0.25) is 0 Å². The fourth-order valence-corrected chi connectivity index (χ4v) is 1.88. The lowest BCUT2D eigenvalue weighted by atomic mass is 10.1. The van der Waals surface area contributed by atoms with Crippen LogP contribution in [0.1, 0.15) is 18.9 Å². The van der Waals surface area contributed by atoms with Gasteiger partial charge in [-0.2, -0.15) is 0 Å². The first-order valence-electron chi connectivity index (χ1n) is 4.50. The van der Waals surface area contributed by atoms with Gasteiger partial charge in [0.1, 0.15) is 0 Å². The van der Waals surface area contributed by atoms with Gasteiger partial charge in [-0.3, -0.25) is 0 Å². The van der Waals surface area contributed by atoms with Gasteiger partial charge in [-0.1, -0.05) is 25.5 Å². The molecule has 0 fully saturated rings. The molecule has 0 saturated carbocycles. The fourth-order valence-electron chi connectivity index (χ4n) is 1.21. The summed E-state index contributed by atoms with van der Waals surface area (Å²) in [5.74, 6) is 0. The second-order valence-corrected chi connectivity index (χ2v) is 4.62. The zero-order valence-electron chi connectivity index (χ0n) is 8.29. The Morgan fingerprint density at radius 2 is 1.93 bits per heavy atom. The summed E-state index contributed by atoms with van der Waals surface area (Å²) in [6, 6.07) is 6.36. The Bertz CT molecular complexity index is 473. The van der Waals surface area contributed by atoms with Crippen molar-refractivity contribution in [1.29, 1.82) is 0 Å². The summed E-state index contributed by atoms with van der Waals surface area (Å²) in [5.41, 5.74) is 9.15. The largest absolute Gasteiger partial charge is 0.264 e. The molecule has 1 aromatic carbocycles. The molecule has 0 heterocycles. The zero-order valence-corrected chi connectivity index (χ0v) is 9.11. The number of hydrogen-bond acceptors (Lipinski definition) is 2. The third-order valence-electron chi connectivity index (χ3n) is 1.90. The topological polar surface area (TPSA) is 82.9 Å². The van der Waals surface area contributed by atoms with Crippen LogP contribution in [-0.4, -0.2) is 8.42 Å². The van der Waals surface area contributed by atoms with E-state index in [1.54, 1.807) is 12.1 Å². The lowest BCUT2D eigenvalue weighted by Crippen LogP contribution is -1.95. The van der Waals surface area contributed by atoms with Gasteiger partial charge in [0.25, 0.3) is 10.0 Å². The lowest BCUT2D eigenvalue weighted by Gasteiger charge is -2.00. The molecule has 1 rings (SSSR count). The van der Waals surface area contributed by atoms with Gasteiger partial charge in [0.15, 0.2) is 0 Å². The van der Waals surface area contributed by atoms with Crippen LogP contribution < -0.4 is 0 Å². The van der Waals surface area contributed by atoms with Crippen LogP contribution >= 0.6 is 0 Å². The van der Waals surface area contributed by atoms with Crippen LogP contribution in [0.4, 0.5) is 0 Å². The van der Waals surface area contributed by atoms with Crippen molar-refractivity contribution in [2.24, 2.45) is 4.52 Å². The molecule has 0 aliphatic rings. The summed E-state index contributed by atoms with van der Waals surface area (Å²) in [6.45, 7) is 2.05. The van der Waals surface area contributed by atoms with Gasteiger partial charge in [0.2, 0.25) is 0 Å². The van der Waals surface area contributed by atoms with E-state index in [4.69, 9.17) is 5.53 Å². The Balaban J connectivity index is 3.04. The molecule has 0 amide bonds. The van der Waals surface area contributed by atoms with Gasteiger partial charge in [-0.05, 0) is 29.6 Å². The number of sulfonamides is 1. The first-order chi connectivity index (χ1) is 7.10. The Morgan fingerprint density at radius 1 is 1.33 bits per heavy atom. The maximum absolute atomic E-state index is 11.3. The van der Waals surface area contributed by atoms with Crippen molar-refractivity contribution in [3.63, 3.8) is 0 Å². The Labute approximate surface area is 88.4 Å². The van der Waals surface area contributed by atoms with Crippen molar-refractivity contribution < 1.29 is 8.42 Å². The van der Waals surface area contributed by atoms with Crippen LogP contribution in [0, 0.1) is 0 Å². The Morgan fingerprint density at radius 3 is 2.40 bits per heavy atom. The van der Waals surface area contributed by atoms with E-state index in [0.29, 0.717) is 0 Å². The molecule has 6 heteroatoms. The van der Waals surface area contributed by atoms with Gasteiger partial charge in [-0.25, -0.2) is 8.42 Å². The molecule has 0 saturated heterocycles. The normalized spacial score (nSPS) is 10.7. The van der Waals surface area contributed by atoms with E-state index in [9.17, 15) is 8.42 Å². The third-order valence-corrected chi connectivity index (χ3v) is 3.06. The monoisotopic (exact) mass is 225 g/mol. The molecule has 0 aromatic heterocycles. The molecule has 80 valence electrons. The number of benzene rings is 1. The van der Waals surface area contributed by atoms with E-state index < -0.39 is 10.0 Å². The van der Waals surface area contributed by atoms with E-state index >= 15 is 0 Å². The highest BCUT2D eigenvalue weighted by atomic mass is 32.2. The molecule has 0 spiro atoms. The summed E-state index contributed by atoms with van der Waals surface area (Å²) in [5, 5.41) is 0. The van der Waals surface area contributed by atoms with E-state index in [1.807, 2.05) is 6.92 Å². The molecular weight excluding hydrogens is 214 g/mol. The molecule has 0 unspecified atom stereocenters. The molecule has 0 atom stereocenters. The summed E-state index contributed by atoms with van der Waals surface area (Å²) in [7, 11) is -3.83. The van der Waals surface area contributed by atoms with Crippen molar-refractivity contribution in [3.05, 3.63) is 40.3 Å². The predicted octanol–water partition coefficient (Wildman–Crippen LogP) is 2.64. The van der Waals surface area contributed by atoms with Gasteiger partial charge >= 0.3 is 0 Å². The first-order valence-corrected chi connectivity index (χ1v) is 5.94.